The predicted octanol–water partition coefficient (Wildman–Crippen LogP) is 1.97. The molecule has 0 fully saturated rings. The number of aromatic hydroxyl groups is 1. The molecule has 0 aliphatic heterocycles. The normalized spacial score (nSPS) is 9.71. The number of rotatable bonds is 2. The molecule has 4 nitrogen and oxygen atoms in total. The van der Waals surface area contributed by atoms with E-state index in [4.69, 9.17) is 9.84 Å². The summed E-state index contributed by atoms with van der Waals surface area (Å²) >= 11 is 0. The van der Waals surface area contributed by atoms with Crippen molar-refractivity contribution in [2.45, 2.75) is 0 Å². The van der Waals surface area contributed by atoms with Crippen molar-refractivity contribution in [1.29, 1.82) is 0 Å². The quantitative estimate of drug-likeness (QED) is 0.782. The highest BCUT2D eigenvalue weighted by atomic mass is 16.5. The Kier molecular flexibility index (Phi) is 2.27. The molecule has 0 atom stereocenters. The molecule has 2 aromatic rings. The van der Waals surface area contributed by atoms with E-state index in [2.05, 4.69) is 9.97 Å². The second-order valence-electron chi connectivity index (χ2n) is 2.67. The third-order valence-electron chi connectivity index (χ3n) is 1.57. The Balaban J connectivity index is 2.19. The average Bonchev–Trinajstić information content (AvgIpc) is 2.19. The second kappa shape index (κ2) is 3.74. The lowest BCUT2D eigenvalue weighted by Crippen LogP contribution is -1.85. The summed E-state index contributed by atoms with van der Waals surface area (Å²) in [6.07, 6.45) is 6.11. The number of ether oxygens (including phenoxy) is 1. The molecule has 0 aromatic carbocycles. The van der Waals surface area contributed by atoms with Crippen LogP contribution in [0.3, 0.4) is 0 Å². The van der Waals surface area contributed by atoms with Crippen LogP contribution in [-0.2, 0) is 0 Å². The Morgan fingerprint density at radius 3 is 2.64 bits per heavy atom. The highest BCUT2D eigenvalue weighted by Crippen LogP contribution is 2.21. The van der Waals surface area contributed by atoms with Crippen molar-refractivity contribution in [1.82, 2.24) is 9.97 Å². The van der Waals surface area contributed by atoms with Crippen LogP contribution in [0, 0.1) is 0 Å². The van der Waals surface area contributed by atoms with Gasteiger partial charge in [-0.3, -0.25) is 9.97 Å². The van der Waals surface area contributed by atoms with Crippen LogP contribution < -0.4 is 4.74 Å². The third-order valence-corrected chi connectivity index (χ3v) is 1.57. The number of aromatic nitrogens is 2. The van der Waals surface area contributed by atoms with Crippen LogP contribution in [0.25, 0.3) is 0 Å². The van der Waals surface area contributed by atoms with E-state index in [0.717, 1.165) is 0 Å². The largest absolute Gasteiger partial charge is 0.506 e. The smallest absolute Gasteiger partial charge is 0.149 e. The van der Waals surface area contributed by atoms with Crippen LogP contribution >= 0.6 is 0 Å². The summed E-state index contributed by atoms with van der Waals surface area (Å²) in [5.41, 5.74) is 0. The summed E-state index contributed by atoms with van der Waals surface area (Å²) in [5.74, 6) is 1.17. The van der Waals surface area contributed by atoms with Crippen LogP contribution in [0.15, 0.2) is 43.0 Å². The topological polar surface area (TPSA) is 55.2 Å². The predicted molar refractivity (Wildman–Crippen MR) is 50.2 cm³/mol. The Morgan fingerprint density at radius 1 is 1.07 bits per heavy atom. The minimum Gasteiger partial charge on any atom is -0.506 e. The summed E-state index contributed by atoms with van der Waals surface area (Å²) in [4.78, 5) is 7.68. The molecule has 0 saturated heterocycles. The van der Waals surface area contributed by atoms with Gasteiger partial charge >= 0.3 is 0 Å². The Hall–Kier alpha value is -2.10. The molecule has 0 aliphatic carbocycles. The van der Waals surface area contributed by atoms with E-state index in [9.17, 15) is 0 Å². The zero-order valence-corrected chi connectivity index (χ0v) is 7.29. The lowest BCUT2D eigenvalue weighted by Gasteiger charge is -2.03. The summed E-state index contributed by atoms with van der Waals surface area (Å²) < 4.78 is 5.37. The van der Waals surface area contributed by atoms with E-state index >= 15 is 0 Å². The van der Waals surface area contributed by atoms with Gasteiger partial charge in [-0.15, -0.1) is 0 Å². The molecule has 2 aromatic heterocycles. The summed E-state index contributed by atoms with van der Waals surface area (Å²) in [7, 11) is 0. The fraction of sp³-hybridized carbons (Fsp3) is 0. The van der Waals surface area contributed by atoms with Crippen molar-refractivity contribution < 1.29 is 9.84 Å². The van der Waals surface area contributed by atoms with E-state index in [0.29, 0.717) is 11.5 Å². The zero-order chi connectivity index (χ0) is 9.80. The molecule has 0 spiro atoms. The monoisotopic (exact) mass is 188 g/mol. The first-order valence-electron chi connectivity index (χ1n) is 4.06. The summed E-state index contributed by atoms with van der Waals surface area (Å²) in [6.45, 7) is 0. The van der Waals surface area contributed by atoms with Crippen molar-refractivity contribution in [3.63, 3.8) is 0 Å². The number of hydrogen-bond acceptors (Lipinski definition) is 4. The zero-order valence-electron chi connectivity index (χ0n) is 7.29. The average molecular weight is 188 g/mol. The van der Waals surface area contributed by atoms with E-state index in [1.165, 1.54) is 18.5 Å². The molecule has 0 bridgehead atoms. The molecular weight excluding hydrogens is 180 g/mol. The molecule has 4 heteroatoms. The molecule has 0 saturated carbocycles. The van der Waals surface area contributed by atoms with Crippen LogP contribution in [0.2, 0.25) is 0 Å². The summed E-state index contributed by atoms with van der Waals surface area (Å²) in [6, 6.07) is 5.03. The van der Waals surface area contributed by atoms with Gasteiger partial charge in [0.05, 0.1) is 18.6 Å². The van der Waals surface area contributed by atoms with Gasteiger partial charge in [0.25, 0.3) is 0 Å². The molecule has 14 heavy (non-hydrogen) atoms. The fourth-order valence-corrected chi connectivity index (χ4v) is 1.01. The highest BCUT2D eigenvalue weighted by molar-refractivity contribution is 5.31. The Bertz CT molecular complexity index is 417. The van der Waals surface area contributed by atoms with Gasteiger partial charge in [-0.05, 0) is 12.1 Å². The Labute approximate surface area is 80.8 Å². The molecule has 0 aliphatic rings. The van der Waals surface area contributed by atoms with Crippen molar-refractivity contribution >= 4 is 0 Å². The van der Waals surface area contributed by atoms with E-state index < -0.39 is 0 Å². The van der Waals surface area contributed by atoms with Crippen molar-refractivity contribution in [2.75, 3.05) is 0 Å². The van der Waals surface area contributed by atoms with Gasteiger partial charge in [0.1, 0.15) is 17.2 Å². The maximum atomic E-state index is 9.13. The fourth-order valence-electron chi connectivity index (χ4n) is 1.01. The van der Waals surface area contributed by atoms with Gasteiger partial charge in [-0.25, -0.2) is 0 Å². The van der Waals surface area contributed by atoms with Crippen LogP contribution in [0.4, 0.5) is 0 Å². The minimum absolute atomic E-state index is 0.0754. The Morgan fingerprint density at radius 2 is 1.93 bits per heavy atom. The number of hydrogen-bond donors (Lipinski definition) is 1. The van der Waals surface area contributed by atoms with Crippen molar-refractivity contribution in [3.05, 3.63) is 43.0 Å². The molecule has 0 amide bonds. The number of nitrogens with zero attached hydrogens (tertiary/aromatic N) is 2. The van der Waals surface area contributed by atoms with Gasteiger partial charge in [-0.1, -0.05) is 0 Å². The van der Waals surface area contributed by atoms with Gasteiger partial charge < -0.3 is 9.84 Å². The molecular formula is C10H8N2O2. The first-order chi connectivity index (χ1) is 6.84. The van der Waals surface area contributed by atoms with Crippen LogP contribution in [0.5, 0.6) is 17.2 Å². The molecule has 2 rings (SSSR count). The number of pyridine rings is 2. The van der Waals surface area contributed by atoms with E-state index in [1.54, 1.807) is 24.5 Å². The second-order valence-corrected chi connectivity index (χ2v) is 2.67. The van der Waals surface area contributed by atoms with Crippen LogP contribution in [0.1, 0.15) is 0 Å². The lowest BCUT2D eigenvalue weighted by molar-refractivity contribution is 0.450. The van der Waals surface area contributed by atoms with Gasteiger partial charge in [0.2, 0.25) is 0 Å². The lowest BCUT2D eigenvalue weighted by atomic mass is 10.4. The minimum atomic E-state index is 0.0754. The first-order valence-corrected chi connectivity index (χ1v) is 4.06. The highest BCUT2D eigenvalue weighted by Gasteiger charge is 1.97. The van der Waals surface area contributed by atoms with Gasteiger partial charge in [0.15, 0.2) is 0 Å². The van der Waals surface area contributed by atoms with Crippen LogP contribution in [-0.4, -0.2) is 15.1 Å². The van der Waals surface area contributed by atoms with Crippen molar-refractivity contribution in [3.8, 4) is 17.2 Å². The maximum absolute atomic E-state index is 9.13. The SMILES string of the molecule is Oc1cncc(Oc2cccnc2)c1. The molecule has 0 unspecified atom stereocenters. The standard InChI is InChI=1S/C10H8N2O2/c13-8-4-10(7-12-5-8)14-9-2-1-3-11-6-9/h1-7,13H. The molecule has 1 N–H and O–H groups in total. The third kappa shape index (κ3) is 1.98. The first kappa shape index (κ1) is 8.50. The molecule has 0 radical (unpaired) electrons. The van der Waals surface area contributed by atoms with E-state index in [-0.39, 0.29) is 5.75 Å². The molecule has 70 valence electrons. The van der Waals surface area contributed by atoms with Crippen molar-refractivity contribution in [2.24, 2.45) is 0 Å². The van der Waals surface area contributed by atoms with Gasteiger partial charge in [0, 0.05) is 12.3 Å². The van der Waals surface area contributed by atoms with Gasteiger partial charge in [-0.2, -0.15) is 0 Å². The maximum Gasteiger partial charge on any atom is 0.149 e. The molecule has 2 heterocycles. The van der Waals surface area contributed by atoms with E-state index in [1.807, 2.05) is 0 Å². The summed E-state index contributed by atoms with van der Waals surface area (Å²) in [5, 5.41) is 9.13.